The number of halogens is 1. The van der Waals surface area contributed by atoms with Crippen molar-refractivity contribution in [2.75, 3.05) is 6.54 Å². The van der Waals surface area contributed by atoms with Crippen LogP contribution in [-0.4, -0.2) is 23.1 Å². The Balaban J connectivity index is 1.34. The van der Waals surface area contributed by atoms with Gasteiger partial charge in [-0.15, -0.1) is 0 Å². The fraction of sp³-hybridized carbons (Fsp3) is 0.318. The zero-order valence-electron chi connectivity index (χ0n) is 15.5. The molecule has 0 saturated carbocycles. The van der Waals surface area contributed by atoms with Crippen molar-refractivity contribution >= 4 is 16.8 Å². The van der Waals surface area contributed by atoms with Gasteiger partial charge in [0.05, 0.1) is 6.67 Å². The SMILES string of the molecule is O=C(NNCn1cc2c3c(cccc31)C1CCCNC1C2)c1ccc(F)cc1. The number of rotatable bonds is 4. The quantitative estimate of drug-likeness (QED) is 0.612. The Morgan fingerprint density at radius 3 is 2.93 bits per heavy atom. The molecule has 1 aromatic heterocycles. The first-order chi connectivity index (χ1) is 13.7. The normalized spacial score (nSPS) is 20.8. The van der Waals surface area contributed by atoms with Crippen LogP contribution < -0.4 is 16.2 Å². The molecule has 1 fully saturated rings. The lowest BCUT2D eigenvalue weighted by Crippen LogP contribution is -2.43. The van der Waals surface area contributed by atoms with Crippen LogP contribution >= 0.6 is 0 Å². The number of amides is 1. The molecule has 2 heterocycles. The minimum atomic E-state index is -0.354. The van der Waals surface area contributed by atoms with Crippen LogP contribution in [0.1, 0.15) is 40.2 Å². The third-order valence-corrected chi connectivity index (χ3v) is 6.00. The molecule has 2 unspecified atom stereocenters. The van der Waals surface area contributed by atoms with Crippen LogP contribution in [0.25, 0.3) is 10.9 Å². The summed E-state index contributed by atoms with van der Waals surface area (Å²) in [6, 6.07) is 12.6. The maximum atomic E-state index is 13.0. The van der Waals surface area contributed by atoms with Crippen molar-refractivity contribution in [3.8, 4) is 0 Å². The standard InChI is InChI=1S/C22H23FN4O/c23-16-8-6-14(7-9-16)22(28)26-25-13-27-12-15-11-19-17(4-2-10-24-19)18-3-1-5-20(27)21(15)18/h1,3,5-9,12,17,19,24-25H,2,4,10-11,13H2,(H,26,28). The van der Waals surface area contributed by atoms with Gasteiger partial charge in [0.15, 0.2) is 0 Å². The number of hydrazine groups is 1. The van der Waals surface area contributed by atoms with Crippen molar-refractivity contribution < 1.29 is 9.18 Å². The maximum Gasteiger partial charge on any atom is 0.265 e. The van der Waals surface area contributed by atoms with Crippen molar-refractivity contribution in [3.63, 3.8) is 0 Å². The molecule has 2 atom stereocenters. The van der Waals surface area contributed by atoms with E-state index in [4.69, 9.17) is 0 Å². The highest BCUT2D eigenvalue weighted by Crippen LogP contribution is 2.41. The molecule has 5 rings (SSSR count). The second-order valence-electron chi connectivity index (χ2n) is 7.67. The Morgan fingerprint density at radius 1 is 1.21 bits per heavy atom. The third-order valence-electron chi connectivity index (χ3n) is 6.00. The number of hydrogen-bond donors (Lipinski definition) is 3. The Kier molecular flexibility index (Phi) is 4.37. The molecule has 2 aliphatic rings. The number of aromatic nitrogens is 1. The van der Waals surface area contributed by atoms with Crippen LogP contribution in [0.2, 0.25) is 0 Å². The van der Waals surface area contributed by atoms with E-state index in [-0.39, 0.29) is 11.7 Å². The summed E-state index contributed by atoms with van der Waals surface area (Å²) in [6.45, 7) is 1.57. The molecule has 1 amide bonds. The molecule has 1 saturated heterocycles. The molecule has 1 aliphatic carbocycles. The van der Waals surface area contributed by atoms with E-state index in [0.29, 0.717) is 24.2 Å². The predicted molar refractivity (Wildman–Crippen MR) is 106 cm³/mol. The van der Waals surface area contributed by atoms with E-state index in [9.17, 15) is 9.18 Å². The van der Waals surface area contributed by atoms with E-state index < -0.39 is 0 Å². The minimum absolute atomic E-state index is 0.281. The van der Waals surface area contributed by atoms with Crippen LogP contribution in [0.15, 0.2) is 48.7 Å². The van der Waals surface area contributed by atoms with Gasteiger partial charge in [0.25, 0.3) is 5.91 Å². The molecular formula is C22H23FN4O. The van der Waals surface area contributed by atoms with E-state index in [2.05, 4.69) is 45.1 Å². The molecular weight excluding hydrogens is 355 g/mol. The Hall–Kier alpha value is -2.70. The number of fused-ring (bicyclic) bond motifs is 2. The summed E-state index contributed by atoms with van der Waals surface area (Å²) < 4.78 is 15.1. The molecule has 144 valence electrons. The topological polar surface area (TPSA) is 58.1 Å². The fourth-order valence-corrected chi connectivity index (χ4v) is 4.72. The van der Waals surface area contributed by atoms with Gasteiger partial charge in [-0.2, -0.15) is 0 Å². The third kappa shape index (κ3) is 2.99. The zero-order chi connectivity index (χ0) is 19.1. The van der Waals surface area contributed by atoms with E-state index in [0.717, 1.165) is 13.0 Å². The molecule has 6 heteroatoms. The van der Waals surface area contributed by atoms with Gasteiger partial charge < -0.3 is 9.88 Å². The first-order valence-corrected chi connectivity index (χ1v) is 9.83. The smallest absolute Gasteiger partial charge is 0.265 e. The lowest BCUT2D eigenvalue weighted by atomic mass is 9.76. The van der Waals surface area contributed by atoms with E-state index in [1.165, 1.54) is 59.1 Å². The van der Waals surface area contributed by atoms with E-state index in [1.807, 2.05) is 0 Å². The first-order valence-electron chi connectivity index (χ1n) is 9.83. The van der Waals surface area contributed by atoms with Crippen molar-refractivity contribution in [3.05, 3.63) is 71.2 Å². The number of carbonyl (C=O) groups excluding carboxylic acids is 1. The molecule has 3 aromatic rings. The van der Waals surface area contributed by atoms with Gasteiger partial charge in [-0.05, 0) is 67.3 Å². The fourth-order valence-electron chi connectivity index (χ4n) is 4.72. The Labute approximate surface area is 162 Å². The summed E-state index contributed by atoms with van der Waals surface area (Å²) in [5.74, 6) is -0.0453. The lowest BCUT2D eigenvalue weighted by molar-refractivity contribution is 0.0928. The summed E-state index contributed by atoms with van der Waals surface area (Å²) in [6.07, 6.45) is 5.71. The monoisotopic (exact) mass is 378 g/mol. The lowest BCUT2D eigenvalue weighted by Gasteiger charge is -2.36. The van der Waals surface area contributed by atoms with Crippen LogP contribution in [0, 0.1) is 5.82 Å². The second-order valence-corrected chi connectivity index (χ2v) is 7.67. The number of benzene rings is 2. The summed E-state index contributed by atoms with van der Waals surface area (Å²) in [4.78, 5) is 12.2. The average Bonchev–Trinajstić information content (AvgIpc) is 3.07. The van der Waals surface area contributed by atoms with E-state index in [1.54, 1.807) is 0 Å². The molecule has 0 radical (unpaired) electrons. The molecule has 0 spiro atoms. The van der Waals surface area contributed by atoms with E-state index >= 15 is 0 Å². The zero-order valence-corrected chi connectivity index (χ0v) is 15.5. The summed E-state index contributed by atoms with van der Waals surface area (Å²) in [5.41, 5.74) is 10.1. The minimum Gasteiger partial charge on any atom is -0.332 e. The molecule has 2 aromatic carbocycles. The van der Waals surface area contributed by atoms with Gasteiger partial charge in [0.2, 0.25) is 0 Å². The molecule has 3 N–H and O–H groups in total. The summed E-state index contributed by atoms with van der Waals surface area (Å²) in [7, 11) is 0. The molecule has 1 aliphatic heterocycles. The summed E-state index contributed by atoms with van der Waals surface area (Å²) in [5, 5.41) is 5.06. The van der Waals surface area contributed by atoms with Crippen LogP contribution in [0.3, 0.4) is 0 Å². The largest absolute Gasteiger partial charge is 0.332 e. The molecule has 5 nitrogen and oxygen atoms in total. The van der Waals surface area contributed by atoms with Crippen LogP contribution in [0.5, 0.6) is 0 Å². The van der Waals surface area contributed by atoms with Crippen molar-refractivity contribution in [2.24, 2.45) is 0 Å². The van der Waals surface area contributed by atoms with Gasteiger partial charge in [-0.25, -0.2) is 9.82 Å². The Morgan fingerprint density at radius 2 is 2.07 bits per heavy atom. The highest BCUT2D eigenvalue weighted by molar-refractivity contribution is 5.93. The highest BCUT2D eigenvalue weighted by Gasteiger charge is 2.33. The van der Waals surface area contributed by atoms with Crippen LogP contribution in [-0.2, 0) is 13.1 Å². The molecule has 0 bridgehead atoms. The van der Waals surface area contributed by atoms with Gasteiger partial charge in [-0.1, -0.05) is 12.1 Å². The number of piperidine rings is 1. The van der Waals surface area contributed by atoms with Crippen molar-refractivity contribution in [1.29, 1.82) is 0 Å². The molecule has 28 heavy (non-hydrogen) atoms. The first kappa shape index (κ1) is 17.4. The van der Waals surface area contributed by atoms with Gasteiger partial charge in [0.1, 0.15) is 5.82 Å². The van der Waals surface area contributed by atoms with Crippen molar-refractivity contribution in [2.45, 2.75) is 37.9 Å². The predicted octanol–water partition coefficient (Wildman–Crippen LogP) is 3.06. The highest BCUT2D eigenvalue weighted by atomic mass is 19.1. The maximum absolute atomic E-state index is 13.0. The number of hydrogen-bond acceptors (Lipinski definition) is 3. The van der Waals surface area contributed by atoms with Gasteiger partial charge >= 0.3 is 0 Å². The Bertz CT molecular complexity index is 1030. The average molecular weight is 378 g/mol. The second kappa shape index (κ2) is 7.04. The van der Waals surface area contributed by atoms with Gasteiger partial charge in [0, 0.05) is 34.6 Å². The van der Waals surface area contributed by atoms with Crippen molar-refractivity contribution in [1.82, 2.24) is 20.7 Å². The van der Waals surface area contributed by atoms with Gasteiger partial charge in [-0.3, -0.25) is 10.2 Å². The van der Waals surface area contributed by atoms with Crippen LogP contribution in [0.4, 0.5) is 4.39 Å². The number of carbonyl (C=O) groups is 1. The number of nitrogens with one attached hydrogen (secondary N) is 3. The summed E-state index contributed by atoms with van der Waals surface area (Å²) >= 11 is 0. The number of nitrogens with zero attached hydrogens (tertiary/aromatic N) is 1.